The third-order valence-electron chi connectivity index (χ3n) is 6.19. The Morgan fingerprint density at radius 2 is 1.78 bits per heavy atom. The Morgan fingerprint density at radius 3 is 2.44 bits per heavy atom. The van der Waals surface area contributed by atoms with Gasteiger partial charge in [-0.25, -0.2) is 11.6 Å². The summed E-state index contributed by atoms with van der Waals surface area (Å²) in [7, 11) is 2.10. The molecule has 5 rings (SSSR count). The van der Waals surface area contributed by atoms with E-state index in [1.165, 1.54) is 32.2 Å². The van der Waals surface area contributed by atoms with Crippen LogP contribution >= 0.6 is 22.7 Å². The van der Waals surface area contributed by atoms with Crippen LogP contribution < -0.4 is 19.0 Å². The average Bonchev–Trinajstić information content (AvgIpc) is 3.61. The largest absolute Gasteiger partial charge is 0.439 e. The molecule has 0 saturated carbocycles. The standard InChI is InChI=1S/C25H27N2OS.C5H6BS/c1-5-26-22-14-18(2)19(3)15-23(22)28-24(26)12-9-13-25-27(20(4)17-29-25)16-21-10-7-6-8-11-21;1-6-5-3-2-4-7-5/h6-15,17H,5,16H2,1-4H3;2-4H,1H3/q+1;-1. The van der Waals surface area contributed by atoms with Gasteiger partial charge in [0.25, 0.3) is 5.01 Å². The Balaban J connectivity index is 0.000000375. The van der Waals surface area contributed by atoms with Crippen LogP contribution in [0.2, 0.25) is 6.82 Å². The highest BCUT2D eigenvalue weighted by atomic mass is 32.1. The number of hydrogen-bond donors (Lipinski definition) is 0. The van der Waals surface area contributed by atoms with Crippen molar-refractivity contribution in [3.05, 3.63) is 111 Å². The third kappa shape index (κ3) is 6.18. The van der Waals surface area contributed by atoms with Gasteiger partial charge in [0.2, 0.25) is 5.88 Å². The molecule has 0 atom stereocenters. The van der Waals surface area contributed by atoms with Gasteiger partial charge in [-0.3, -0.25) is 7.28 Å². The second-order valence-electron chi connectivity index (χ2n) is 8.71. The monoisotopic (exact) mass is 512 g/mol. The van der Waals surface area contributed by atoms with Crippen LogP contribution in [0, 0.1) is 20.8 Å². The van der Waals surface area contributed by atoms with Gasteiger partial charge in [0, 0.05) is 25.1 Å². The quantitative estimate of drug-likeness (QED) is 0.206. The number of hydrogen-bond acceptors (Lipinski definition) is 4. The van der Waals surface area contributed by atoms with Crippen molar-refractivity contribution in [3.8, 4) is 5.75 Å². The van der Waals surface area contributed by atoms with Crippen LogP contribution in [0.3, 0.4) is 0 Å². The van der Waals surface area contributed by atoms with Gasteiger partial charge >= 0.3 is 0 Å². The predicted octanol–water partition coefficient (Wildman–Crippen LogP) is 6.91. The summed E-state index contributed by atoms with van der Waals surface area (Å²) in [5.41, 5.74) is 6.29. The van der Waals surface area contributed by atoms with Crippen LogP contribution in [0.15, 0.2) is 83.4 Å². The van der Waals surface area contributed by atoms with Crippen LogP contribution in [0.4, 0.5) is 5.69 Å². The number of ether oxygens (including phenoxy) is 1. The van der Waals surface area contributed by atoms with Crippen molar-refractivity contribution in [2.45, 2.75) is 41.1 Å². The zero-order valence-corrected chi connectivity index (χ0v) is 23.3. The summed E-state index contributed by atoms with van der Waals surface area (Å²) in [6, 6.07) is 19.1. The summed E-state index contributed by atoms with van der Waals surface area (Å²) in [5.74, 6) is 1.83. The number of fused-ring (bicyclic) bond motifs is 1. The van der Waals surface area contributed by atoms with E-state index < -0.39 is 0 Å². The lowest BCUT2D eigenvalue weighted by atomic mass is 9.81. The van der Waals surface area contributed by atoms with Crippen LogP contribution in [-0.2, 0) is 6.54 Å². The smallest absolute Gasteiger partial charge is 0.262 e. The van der Waals surface area contributed by atoms with Gasteiger partial charge in [-0.05, 0) is 61.6 Å². The predicted molar refractivity (Wildman–Crippen MR) is 157 cm³/mol. The van der Waals surface area contributed by atoms with Crippen molar-refractivity contribution < 1.29 is 9.30 Å². The molecular weight excluding hydrogens is 479 g/mol. The molecule has 2 aromatic heterocycles. The molecule has 0 aliphatic carbocycles. The van der Waals surface area contributed by atoms with Crippen molar-refractivity contribution >= 4 is 46.5 Å². The fourth-order valence-corrected chi connectivity index (χ4v) is 5.54. The first kappa shape index (κ1) is 26.0. The van der Waals surface area contributed by atoms with Crippen LogP contribution in [0.1, 0.15) is 34.3 Å². The summed E-state index contributed by atoms with van der Waals surface area (Å²) in [4.78, 5) is 2.23. The molecule has 2 aromatic carbocycles. The Morgan fingerprint density at radius 1 is 1.00 bits per heavy atom. The molecule has 0 unspecified atom stereocenters. The summed E-state index contributed by atoms with van der Waals surface area (Å²) >= 11 is 3.54. The Hall–Kier alpha value is -3.09. The maximum atomic E-state index is 6.15. The molecule has 1 aliphatic rings. The molecule has 0 amide bonds. The van der Waals surface area contributed by atoms with Gasteiger partial charge in [0.05, 0.1) is 11.1 Å². The van der Waals surface area contributed by atoms with Crippen molar-refractivity contribution in [1.29, 1.82) is 0 Å². The van der Waals surface area contributed by atoms with Crippen molar-refractivity contribution in [1.82, 2.24) is 0 Å². The topological polar surface area (TPSA) is 16.4 Å². The number of aromatic nitrogens is 1. The third-order valence-corrected chi connectivity index (χ3v) is 8.19. The zero-order chi connectivity index (χ0) is 25.5. The van der Waals surface area contributed by atoms with Gasteiger partial charge in [-0.15, -0.1) is 0 Å². The SMILES string of the molecule is CCN1C(=CC=Cc2scc(C)[n+]2Cc2ccccc2)Oc2cc(C)c(C)cc21.C[B-]c1cccs1. The number of nitrogens with zero attached hydrogens (tertiary/aromatic N) is 2. The minimum Gasteiger partial charge on any atom is -0.439 e. The number of anilines is 1. The lowest BCUT2D eigenvalue weighted by Gasteiger charge is -2.15. The number of allylic oxidation sites excluding steroid dienone is 2. The van der Waals surface area contributed by atoms with Crippen molar-refractivity contribution in [3.63, 3.8) is 0 Å². The summed E-state index contributed by atoms with van der Waals surface area (Å²) in [6.07, 6.45) is 6.33. The Kier molecular flexibility index (Phi) is 8.84. The van der Waals surface area contributed by atoms with Gasteiger partial charge in [-0.2, -0.15) is 15.9 Å². The highest BCUT2D eigenvalue weighted by Gasteiger charge is 2.25. The molecule has 4 aromatic rings. The Bertz CT molecular complexity index is 1340. The van der Waals surface area contributed by atoms with E-state index in [4.69, 9.17) is 4.74 Å². The fourth-order valence-electron chi connectivity index (χ4n) is 4.02. The molecule has 0 spiro atoms. The molecule has 3 nitrogen and oxygen atoms in total. The zero-order valence-electron chi connectivity index (χ0n) is 21.7. The maximum Gasteiger partial charge on any atom is 0.262 e. The molecule has 0 N–H and O–H groups in total. The highest BCUT2D eigenvalue weighted by molar-refractivity contribution is 7.19. The van der Waals surface area contributed by atoms with E-state index in [0.29, 0.717) is 0 Å². The van der Waals surface area contributed by atoms with Gasteiger partial charge in [0.15, 0.2) is 18.0 Å². The number of rotatable bonds is 6. The van der Waals surface area contributed by atoms with Gasteiger partial charge < -0.3 is 9.64 Å². The molecule has 1 aliphatic heterocycles. The second-order valence-corrected chi connectivity index (χ2v) is 10.6. The lowest BCUT2D eigenvalue weighted by Crippen LogP contribution is -2.37. The summed E-state index contributed by atoms with van der Waals surface area (Å²) < 4.78 is 9.85. The van der Waals surface area contributed by atoms with E-state index in [1.54, 1.807) is 22.7 Å². The molecule has 0 fully saturated rings. The summed E-state index contributed by atoms with van der Waals surface area (Å²) in [6.45, 7) is 12.4. The second kappa shape index (κ2) is 12.2. The molecule has 36 heavy (non-hydrogen) atoms. The van der Waals surface area contributed by atoms with E-state index >= 15 is 0 Å². The van der Waals surface area contributed by atoms with Crippen LogP contribution in [-0.4, -0.2) is 13.8 Å². The lowest BCUT2D eigenvalue weighted by molar-refractivity contribution is -0.691. The molecule has 0 bridgehead atoms. The first-order chi connectivity index (χ1) is 17.5. The number of aryl methyl sites for hydroxylation is 3. The average molecular weight is 513 g/mol. The van der Waals surface area contributed by atoms with E-state index in [-0.39, 0.29) is 0 Å². The van der Waals surface area contributed by atoms with Crippen molar-refractivity contribution in [2.24, 2.45) is 0 Å². The van der Waals surface area contributed by atoms with E-state index in [2.05, 4.69) is 128 Å². The van der Waals surface area contributed by atoms with Crippen molar-refractivity contribution in [2.75, 3.05) is 11.4 Å². The number of thiophene rings is 1. The normalized spacial score (nSPS) is 13.6. The molecule has 6 heteroatoms. The number of thiazole rings is 1. The van der Waals surface area contributed by atoms with Crippen LogP contribution in [0.25, 0.3) is 6.08 Å². The van der Waals surface area contributed by atoms with Gasteiger partial charge in [0.1, 0.15) is 0 Å². The Labute approximate surface area is 224 Å². The van der Waals surface area contributed by atoms with E-state index in [9.17, 15) is 0 Å². The first-order valence-corrected chi connectivity index (χ1v) is 14.1. The molecule has 2 radical (unpaired) electrons. The van der Waals surface area contributed by atoms with E-state index in [1.807, 2.05) is 6.82 Å². The molecular formula is C30H33BN2OS2. The highest BCUT2D eigenvalue weighted by Crippen LogP contribution is 2.40. The first-order valence-electron chi connectivity index (χ1n) is 12.3. The van der Waals surface area contributed by atoms with Gasteiger partial charge in [-0.1, -0.05) is 53.8 Å². The number of benzene rings is 2. The minimum absolute atomic E-state index is 0.876. The maximum absolute atomic E-state index is 6.15. The van der Waals surface area contributed by atoms with E-state index in [0.717, 1.165) is 30.4 Å². The fraction of sp³-hybridized carbons (Fsp3) is 0.233. The molecule has 184 valence electrons. The minimum atomic E-state index is 0.876. The van der Waals surface area contributed by atoms with Crippen LogP contribution in [0.5, 0.6) is 5.75 Å². The molecule has 3 heterocycles. The molecule has 0 saturated heterocycles. The summed E-state index contributed by atoms with van der Waals surface area (Å²) in [5, 5.41) is 5.52.